The van der Waals surface area contributed by atoms with E-state index in [1.54, 1.807) is 11.9 Å². The Morgan fingerprint density at radius 3 is 2.40 bits per heavy atom. The average Bonchev–Trinajstić information content (AvgIpc) is 2.48. The van der Waals surface area contributed by atoms with Gasteiger partial charge in [-0.1, -0.05) is 25.1 Å². The summed E-state index contributed by atoms with van der Waals surface area (Å²) in [6.45, 7) is 4.06. The Morgan fingerprint density at radius 1 is 1.15 bits per heavy atom. The minimum Gasteiger partial charge on any atom is -0.311 e. The number of aryl methyl sites for hydroxylation is 2. The van der Waals surface area contributed by atoms with Gasteiger partial charge in [-0.2, -0.15) is 0 Å². The highest BCUT2D eigenvalue weighted by Crippen LogP contribution is 2.20. The summed E-state index contributed by atoms with van der Waals surface area (Å²) >= 11 is 4.31. The molecule has 0 saturated heterocycles. The maximum Gasteiger partial charge on any atom is 0.258 e. The highest BCUT2D eigenvalue weighted by molar-refractivity contribution is 7.80. The van der Waals surface area contributed by atoms with Crippen LogP contribution in [0, 0.1) is 6.92 Å². The van der Waals surface area contributed by atoms with Gasteiger partial charge in [0, 0.05) is 23.2 Å². The second-order valence-electron chi connectivity index (χ2n) is 4.88. The minimum atomic E-state index is -0.0114. The first kappa shape index (κ1) is 14.7. The van der Waals surface area contributed by atoms with E-state index in [1.165, 1.54) is 5.56 Å². The fraction of sp³-hybridized carbons (Fsp3) is 0.235. The molecule has 0 unspecified atom stereocenters. The maximum atomic E-state index is 12.6. The van der Waals surface area contributed by atoms with Crippen LogP contribution in [0.25, 0.3) is 0 Å². The van der Waals surface area contributed by atoms with E-state index in [-0.39, 0.29) is 5.91 Å². The van der Waals surface area contributed by atoms with Gasteiger partial charge >= 0.3 is 0 Å². The van der Waals surface area contributed by atoms with Gasteiger partial charge in [-0.25, -0.2) is 0 Å². The second kappa shape index (κ2) is 6.14. The van der Waals surface area contributed by atoms with Crippen LogP contribution in [0.15, 0.2) is 47.4 Å². The minimum absolute atomic E-state index is 0.0114. The monoisotopic (exact) mass is 285 g/mol. The molecule has 0 aliphatic heterocycles. The van der Waals surface area contributed by atoms with E-state index in [4.69, 9.17) is 0 Å². The third-order valence-corrected chi connectivity index (χ3v) is 3.77. The number of rotatable bonds is 3. The predicted octanol–water partition coefficient (Wildman–Crippen LogP) is 4.12. The lowest BCUT2D eigenvalue weighted by molar-refractivity contribution is 0.0992. The van der Waals surface area contributed by atoms with Crippen LogP contribution >= 0.6 is 12.6 Å². The van der Waals surface area contributed by atoms with E-state index in [9.17, 15) is 4.79 Å². The van der Waals surface area contributed by atoms with Crippen molar-refractivity contribution in [3.05, 3.63) is 59.2 Å². The maximum absolute atomic E-state index is 12.6. The van der Waals surface area contributed by atoms with Crippen molar-refractivity contribution in [2.45, 2.75) is 25.2 Å². The topological polar surface area (TPSA) is 20.3 Å². The lowest BCUT2D eigenvalue weighted by Crippen LogP contribution is -2.26. The first-order valence-corrected chi connectivity index (χ1v) is 7.14. The summed E-state index contributed by atoms with van der Waals surface area (Å²) in [4.78, 5) is 15.0. The molecule has 2 rings (SSSR count). The van der Waals surface area contributed by atoms with Crippen molar-refractivity contribution in [1.29, 1.82) is 0 Å². The van der Waals surface area contributed by atoms with Gasteiger partial charge in [-0.05, 0) is 48.7 Å². The molecule has 2 nitrogen and oxygen atoms in total. The summed E-state index contributed by atoms with van der Waals surface area (Å²) < 4.78 is 0. The molecule has 0 radical (unpaired) electrons. The molecule has 0 heterocycles. The number of thiol groups is 1. The molecular formula is C17H19NOS. The molecule has 0 aliphatic carbocycles. The Hall–Kier alpha value is -1.74. The largest absolute Gasteiger partial charge is 0.311 e. The van der Waals surface area contributed by atoms with Gasteiger partial charge in [-0.3, -0.25) is 4.79 Å². The van der Waals surface area contributed by atoms with Gasteiger partial charge in [0.05, 0.1) is 0 Å². The van der Waals surface area contributed by atoms with Crippen molar-refractivity contribution in [1.82, 2.24) is 0 Å². The summed E-state index contributed by atoms with van der Waals surface area (Å²) in [5.41, 5.74) is 3.82. The van der Waals surface area contributed by atoms with E-state index < -0.39 is 0 Å². The number of benzene rings is 2. The first-order valence-electron chi connectivity index (χ1n) is 6.69. The van der Waals surface area contributed by atoms with Crippen LogP contribution in [0.4, 0.5) is 5.69 Å². The van der Waals surface area contributed by atoms with Gasteiger partial charge in [-0.15, -0.1) is 12.6 Å². The Kier molecular flexibility index (Phi) is 4.50. The lowest BCUT2D eigenvalue weighted by atomic mass is 10.1. The number of carbonyl (C=O) groups excluding carboxylic acids is 1. The lowest BCUT2D eigenvalue weighted by Gasteiger charge is -2.19. The van der Waals surface area contributed by atoms with Crippen LogP contribution in [-0.2, 0) is 6.42 Å². The zero-order chi connectivity index (χ0) is 14.7. The zero-order valence-electron chi connectivity index (χ0n) is 12.1. The zero-order valence-corrected chi connectivity index (χ0v) is 12.9. The van der Waals surface area contributed by atoms with Gasteiger partial charge in [0.1, 0.15) is 0 Å². The summed E-state index contributed by atoms with van der Waals surface area (Å²) in [5, 5.41) is 0. The number of amides is 1. The number of hydrogen-bond acceptors (Lipinski definition) is 2. The molecule has 0 saturated carbocycles. The van der Waals surface area contributed by atoms with Crippen molar-refractivity contribution in [3.8, 4) is 0 Å². The number of anilines is 1. The van der Waals surface area contributed by atoms with Crippen molar-refractivity contribution < 1.29 is 4.79 Å². The van der Waals surface area contributed by atoms with E-state index in [1.807, 2.05) is 37.3 Å². The van der Waals surface area contributed by atoms with E-state index in [0.29, 0.717) is 5.56 Å². The van der Waals surface area contributed by atoms with Gasteiger partial charge in [0.15, 0.2) is 0 Å². The molecule has 20 heavy (non-hydrogen) atoms. The third kappa shape index (κ3) is 3.05. The Bertz CT molecular complexity index is 619. The standard InChI is InChI=1S/C17H19NOS/c1-4-13-6-8-14(9-7-13)18(3)17(19)16-11-15(20)10-5-12(16)2/h5-11,20H,4H2,1-3H3. The summed E-state index contributed by atoms with van der Waals surface area (Å²) in [6.07, 6.45) is 0.999. The molecule has 0 bridgehead atoms. The van der Waals surface area contributed by atoms with Crippen LogP contribution in [0.3, 0.4) is 0 Å². The molecule has 0 atom stereocenters. The Balaban J connectivity index is 2.29. The van der Waals surface area contributed by atoms with E-state index in [0.717, 1.165) is 22.6 Å². The van der Waals surface area contributed by atoms with Gasteiger partial charge < -0.3 is 4.90 Å². The predicted molar refractivity (Wildman–Crippen MR) is 87.0 cm³/mol. The Labute approximate surface area is 125 Å². The smallest absolute Gasteiger partial charge is 0.258 e. The summed E-state index contributed by atoms with van der Waals surface area (Å²) in [7, 11) is 1.80. The number of hydrogen-bond donors (Lipinski definition) is 1. The quantitative estimate of drug-likeness (QED) is 0.841. The van der Waals surface area contributed by atoms with Crippen LogP contribution in [0.1, 0.15) is 28.4 Å². The van der Waals surface area contributed by atoms with Crippen LogP contribution in [0.2, 0.25) is 0 Å². The Morgan fingerprint density at radius 2 is 1.80 bits per heavy atom. The van der Waals surface area contributed by atoms with Crippen molar-refractivity contribution >= 4 is 24.2 Å². The van der Waals surface area contributed by atoms with Crippen LogP contribution in [0.5, 0.6) is 0 Å². The van der Waals surface area contributed by atoms with Gasteiger partial charge in [0.2, 0.25) is 0 Å². The summed E-state index contributed by atoms with van der Waals surface area (Å²) in [5.74, 6) is -0.0114. The first-order chi connectivity index (χ1) is 9.52. The fourth-order valence-electron chi connectivity index (χ4n) is 2.09. The van der Waals surface area contributed by atoms with E-state index >= 15 is 0 Å². The molecular weight excluding hydrogens is 266 g/mol. The molecule has 3 heteroatoms. The average molecular weight is 285 g/mol. The highest BCUT2D eigenvalue weighted by atomic mass is 32.1. The molecule has 0 spiro atoms. The SMILES string of the molecule is CCc1ccc(N(C)C(=O)c2cc(S)ccc2C)cc1. The summed E-state index contributed by atoms with van der Waals surface area (Å²) in [6, 6.07) is 13.7. The van der Waals surface area contributed by atoms with Crippen molar-refractivity contribution in [3.63, 3.8) is 0 Å². The molecule has 0 fully saturated rings. The van der Waals surface area contributed by atoms with Crippen molar-refractivity contribution in [2.24, 2.45) is 0 Å². The molecule has 0 aromatic heterocycles. The molecule has 0 N–H and O–H groups in total. The normalized spacial score (nSPS) is 10.4. The molecule has 1 amide bonds. The number of carbonyl (C=O) groups is 1. The van der Waals surface area contributed by atoms with Crippen molar-refractivity contribution in [2.75, 3.05) is 11.9 Å². The van der Waals surface area contributed by atoms with Crippen LogP contribution in [-0.4, -0.2) is 13.0 Å². The fourth-order valence-corrected chi connectivity index (χ4v) is 2.30. The second-order valence-corrected chi connectivity index (χ2v) is 5.40. The number of nitrogens with zero attached hydrogens (tertiary/aromatic N) is 1. The third-order valence-electron chi connectivity index (χ3n) is 3.49. The molecule has 104 valence electrons. The highest BCUT2D eigenvalue weighted by Gasteiger charge is 2.15. The van der Waals surface area contributed by atoms with Crippen LogP contribution < -0.4 is 4.90 Å². The molecule has 2 aromatic carbocycles. The molecule has 2 aromatic rings. The molecule has 0 aliphatic rings. The van der Waals surface area contributed by atoms with E-state index in [2.05, 4.69) is 31.7 Å². The van der Waals surface area contributed by atoms with Gasteiger partial charge in [0.25, 0.3) is 5.91 Å².